The number of nitrogens with one attached hydrogen (secondary N) is 1. The Morgan fingerprint density at radius 3 is 1.94 bits per heavy atom. The van der Waals surface area contributed by atoms with E-state index in [-0.39, 0.29) is 0 Å². The van der Waals surface area contributed by atoms with Crippen molar-refractivity contribution in [3.8, 4) is 0 Å². The van der Waals surface area contributed by atoms with Gasteiger partial charge in [-0.3, -0.25) is 0 Å². The average molecular weight is 294 g/mol. The Hall–Kier alpha value is -0.680. The standard InChI is InChI=1S/C11H21Cl2N5/c1-5-17(6-2)9-14-10(18(7-3)8-4)16-11(12,13)15-9/h5-8H2,1-4H3,(H,14,15,16). The zero-order chi connectivity index (χ0) is 13.8. The molecule has 0 atom stereocenters. The lowest BCUT2D eigenvalue weighted by atomic mass is 10.5. The number of aliphatic imine (C=N–C) groups is 2. The van der Waals surface area contributed by atoms with Crippen molar-refractivity contribution < 1.29 is 0 Å². The Bertz CT molecular complexity index is 332. The Balaban J connectivity index is 3.04. The molecule has 5 nitrogen and oxygen atoms in total. The Labute approximate surface area is 119 Å². The predicted octanol–water partition coefficient (Wildman–Crippen LogP) is 2.07. The van der Waals surface area contributed by atoms with Gasteiger partial charge in [0.1, 0.15) is 0 Å². The summed E-state index contributed by atoms with van der Waals surface area (Å²) >= 11 is 12.2. The summed E-state index contributed by atoms with van der Waals surface area (Å²) in [5, 5.41) is 2.92. The summed E-state index contributed by atoms with van der Waals surface area (Å²) < 4.78 is -1.35. The molecule has 0 bridgehead atoms. The number of nitrogens with zero attached hydrogens (tertiary/aromatic N) is 4. The highest BCUT2D eigenvalue weighted by Gasteiger charge is 2.32. The fourth-order valence-electron chi connectivity index (χ4n) is 1.76. The van der Waals surface area contributed by atoms with Crippen molar-refractivity contribution >= 4 is 35.1 Å². The Morgan fingerprint density at radius 1 is 1.00 bits per heavy atom. The van der Waals surface area contributed by atoms with Gasteiger partial charge in [-0.15, -0.1) is 0 Å². The van der Waals surface area contributed by atoms with Gasteiger partial charge in [0.2, 0.25) is 11.9 Å². The van der Waals surface area contributed by atoms with Crippen molar-refractivity contribution in [1.82, 2.24) is 15.1 Å². The summed E-state index contributed by atoms with van der Waals surface area (Å²) in [7, 11) is 0. The van der Waals surface area contributed by atoms with Crippen molar-refractivity contribution in [2.75, 3.05) is 26.2 Å². The van der Waals surface area contributed by atoms with Gasteiger partial charge in [-0.25, -0.2) is 0 Å². The van der Waals surface area contributed by atoms with Crippen molar-refractivity contribution in [3.63, 3.8) is 0 Å². The normalized spacial score (nSPS) is 17.7. The van der Waals surface area contributed by atoms with E-state index >= 15 is 0 Å². The van der Waals surface area contributed by atoms with Gasteiger partial charge in [-0.1, -0.05) is 23.2 Å². The van der Waals surface area contributed by atoms with Crippen LogP contribution in [0.5, 0.6) is 0 Å². The third kappa shape index (κ3) is 3.65. The van der Waals surface area contributed by atoms with E-state index < -0.39 is 4.58 Å². The van der Waals surface area contributed by atoms with Crippen LogP contribution in [0.1, 0.15) is 27.7 Å². The van der Waals surface area contributed by atoms with Crippen LogP contribution in [0.25, 0.3) is 0 Å². The first kappa shape index (κ1) is 15.4. The molecule has 0 unspecified atom stereocenters. The molecule has 0 amide bonds. The minimum atomic E-state index is -1.35. The van der Waals surface area contributed by atoms with Crippen LogP contribution in [-0.4, -0.2) is 52.5 Å². The van der Waals surface area contributed by atoms with E-state index in [0.29, 0.717) is 11.9 Å². The summed E-state index contributed by atoms with van der Waals surface area (Å²) in [5.74, 6) is 1.24. The van der Waals surface area contributed by atoms with Gasteiger partial charge in [-0.2, -0.15) is 9.98 Å². The number of rotatable bonds is 4. The SMILES string of the molecule is CCN(CC)C1=NC(Cl)(Cl)NC(N(CC)CC)=N1. The fraction of sp³-hybridized carbons (Fsp3) is 0.818. The van der Waals surface area contributed by atoms with E-state index in [2.05, 4.69) is 34.0 Å². The van der Waals surface area contributed by atoms with E-state index in [1.807, 2.05) is 18.7 Å². The fourth-order valence-corrected chi connectivity index (χ4v) is 2.08. The minimum Gasteiger partial charge on any atom is -0.343 e. The molecule has 0 fully saturated rings. The number of hydrogen-bond donors (Lipinski definition) is 1. The zero-order valence-corrected chi connectivity index (χ0v) is 12.9. The molecular formula is C11H21Cl2N5. The zero-order valence-electron chi connectivity index (χ0n) is 11.4. The van der Waals surface area contributed by atoms with E-state index in [1.54, 1.807) is 0 Å². The molecule has 0 aromatic rings. The summed E-state index contributed by atoms with van der Waals surface area (Å²) in [6, 6.07) is 0. The molecule has 1 N–H and O–H groups in total. The maximum Gasteiger partial charge on any atom is 0.291 e. The maximum absolute atomic E-state index is 6.11. The minimum absolute atomic E-state index is 0.575. The molecule has 0 saturated heterocycles. The van der Waals surface area contributed by atoms with Gasteiger partial charge < -0.3 is 15.1 Å². The monoisotopic (exact) mass is 293 g/mol. The van der Waals surface area contributed by atoms with Crippen molar-refractivity contribution in [2.45, 2.75) is 32.3 Å². The van der Waals surface area contributed by atoms with Gasteiger partial charge in [0.15, 0.2) is 0 Å². The quantitative estimate of drug-likeness (QED) is 0.637. The lowest BCUT2D eigenvalue weighted by molar-refractivity contribution is 0.421. The second-order valence-electron chi connectivity index (χ2n) is 3.86. The molecular weight excluding hydrogens is 273 g/mol. The van der Waals surface area contributed by atoms with Crippen LogP contribution in [0.3, 0.4) is 0 Å². The highest BCUT2D eigenvalue weighted by Crippen LogP contribution is 2.23. The van der Waals surface area contributed by atoms with E-state index in [0.717, 1.165) is 26.2 Å². The molecule has 7 heteroatoms. The Morgan fingerprint density at radius 2 is 1.50 bits per heavy atom. The first-order valence-electron chi connectivity index (χ1n) is 6.31. The molecule has 0 radical (unpaired) electrons. The van der Waals surface area contributed by atoms with Gasteiger partial charge in [0, 0.05) is 26.2 Å². The molecule has 1 aliphatic heterocycles. The Kier molecular flexibility index (Phi) is 5.53. The molecule has 1 heterocycles. The molecule has 0 aliphatic carbocycles. The number of guanidine groups is 2. The molecule has 18 heavy (non-hydrogen) atoms. The second kappa shape index (κ2) is 6.48. The van der Waals surface area contributed by atoms with Crippen LogP contribution in [0.2, 0.25) is 0 Å². The maximum atomic E-state index is 6.11. The number of halogens is 2. The van der Waals surface area contributed by atoms with Crippen molar-refractivity contribution in [3.05, 3.63) is 0 Å². The molecule has 0 aromatic carbocycles. The van der Waals surface area contributed by atoms with Gasteiger partial charge >= 0.3 is 0 Å². The molecule has 0 saturated carbocycles. The second-order valence-corrected chi connectivity index (χ2v) is 5.15. The summed E-state index contributed by atoms with van der Waals surface area (Å²) in [5.41, 5.74) is 0. The lowest BCUT2D eigenvalue weighted by Gasteiger charge is -2.33. The third-order valence-corrected chi connectivity index (χ3v) is 3.18. The van der Waals surface area contributed by atoms with Crippen molar-refractivity contribution in [1.29, 1.82) is 0 Å². The number of hydrogen-bond acceptors (Lipinski definition) is 5. The van der Waals surface area contributed by atoms with Crippen LogP contribution in [0.15, 0.2) is 9.98 Å². The molecule has 1 aliphatic rings. The first-order chi connectivity index (χ1) is 8.47. The molecule has 1 rings (SSSR count). The highest BCUT2D eigenvalue weighted by atomic mass is 35.5. The summed E-state index contributed by atoms with van der Waals surface area (Å²) in [6.07, 6.45) is 0. The lowest BCUT2D eigenvalue weighted by Crippen LogP contribution is -2.52. The van der Waals surface area contributed by atoms with Gasteiger partial charge in [0.25, 0.3) is 4.58 Å². The van der Waals surface area contributed by atoms with Crippen LogP contribution in [-0.2, 0) is 0 Å². The summed E-state index contributed by atoms with van der Waals surface area (Å²) in [6.45, 7) is 11.5. The third-order valence-electron chi connectivity index (χ3n) is 2.82. The highest BCUT2D eigenvalue weighted by molar-refractivity contribution is 6.49. The average Bonchev–Trinajstić information content (AvgIpc) is 2.30. The van der Waals surface area contributed by atoms with E-state index in [4.69, 9.17) is 23.2 Å². The first-order valence-corrected chi connectivity index (χ1v) is 7.07. The van der Waals surface area contributed by atoms with Crippen molar-refractivity contribution in [2.24, 2.45) is 9.98 Å². The number of alkyl halides is 2. The van der Waals surface area contributed by atoms with E-state index in [1.165, 1.54) is 0 Å². The summed E-state index contributed by atoms with van der Waals surface area (Å²) in [4.78, 5) is 12.8. The van der Waals surface area contributed by atoms with Crippen LogP contribution in [0.4, 0.5) is 0 Å². The largest absolute Gasteiger partial charge is 0.343 e. The van der Waals surface area contributed by atoms with Crippen LogP contribution >= 0.6 is 23.2 Å². The van der Waals surface area contributed by atoms with E-state index in [9.17, 15) is 0 Å². The predicted molar refractivity (Wildman–Crippen MR) is 78.3 cm³/mol. The van der Waals surface area contributed by atoms with Gasteiger partial charge in [0.05, 0.1) is 0 Å². The topological polar surface area (TPSA) is 43.2 Å². The van der Waals surface area contributed by atoms with Crippen LogP contribution < -0.4 is 5.32 Å². The van der Waals surface area contributed by atoms with Crippen LogP contribution in [0, 0.1) is 0 Å². The molecule has 0 spiro atoms. The van der Waals surface area contributed by atoms with Gasteiger partial charge in [-0.05, 0) is 27.7 Å². The molecule has 0 aromatic heterocycles. The molecule has 104 valence electrons. The smallest absolute Gasteiger partial charge is 0.291 e.